The van der Waals surface area contributed by atoms with Crippen LogP contribution in [0.1, 0.15) is 25.3 Å². The third-order valence-corrected chi connectivity index (χ3v) is 3.39. The van der Waals surface area contributed by atoms with Gasteiger partial charge in [0.25, 0.3) is 0 Å². The lowest BCUT2D eigenvalue weighted by molar-refractivity contribution is 0.309. The Hall–Kier alpha value is -1.81. The van der Waals surface area contributed by atoms with Gasteiger partial charge >= 0.3 is 0 Å². The van der Waals surface area contributed by atoms with Crippen molar-refractivity contribution in [1.82, 2.24) is 0 Å². The number of benzene rings is 2. The zero-order chi connectivity index (χ0) is 14.9. The van der Waals surface area contributed by atoms with Gasteiger partial charge in [-0.2, -0.15) is 5.10 Å². The first-order valence-electron chi connectivity index (χ1n) is 7.06. The van der Waals surface area contributed by atoms with E-state index in [4.69, 9.17) is 4.74 Å². The Bertz CT molecular complexity index is 585. The van der Waals surface area contributed by atoms with Crippen LogP contribution in [0.5, 0.6) is 5.75 Å². The highest BCUT2D eigenvalue weighted by Crippen LogP contribution is 2.22. The van der Waals surface area contributed by atoms with Crippen LogP contribution in [-0.4, -0.2) is 12.8 Å². The average molecular weight is 347 g/mol. The van der Waals surface area contributed by atoms with E-state index >= 15 is 0 Å². The highest BCUT2D eigenvalue weighted by Gasteiger charge is 2.02. The normalized spacial score (nSPS) is 10.8. The van der Waals surface area contributed by atoms with Gasteiger partial charge < -0.3 is 4.74 Å². The summed E-state index contributed by atoms with van der Waals surface area (Å²) in [6.45, 7) is 2.88. The van der Waals surface area contributed by atoms with E-state index in [-0.39, 0.29) is 0 Å². The number of unbranched alkanes of at least 4 members (excludes halogenated alkanes) is 1. The summed E-state index contributed by atoms with van der Waals surface area (Å²) in [5.41, 5.74) is 4.91. The Labute approximate surface area is 134 Å². The molecule has 0 aliphatic carbocycles. The number of anilines is 1. The van der Waals surface area contributed by atoms with Gasteiger partial charge in [-0.05, 0) is 36.8 Å². The number of hydrogen-bond donors (Lipinski definition) is 1. The molecule has 0 heterocycles. The lowest BCUT2D eigenvalue weighted by atomic mass is 10.2. The van der Waals surface area contributed by atoms with Crippen molar-refractivity contribution in [2.24, 2.45) is 5.10 Å². The maximum absolute atomic E-state index is 5.80. The van der Waals surface area contributed by atoms with E-state index in [1.165, 1.54) is 0 Å². The third-order valence-electron chi connectivity index (χ3n) is 2.90. The van der Waals surface area contributed by atoms with Crippen LogP contribution in [0.3, 0.4) is 0 Å². The first-order valence-corrected chi connectivity index (χ1v) is 7.85. The van der Waals surface area contributed by atoms with Crippen molar-refractivity contribution in [2.75, 3.05) is 12.0 Å². The van der Waals surface area contributed by atoms with Crippen molar-refractivity contribution < 1.29 is 4.74 Å². The van der Waals surface area contributed by atoms with Gasteiger partial charge in [-0.3, -0.25) is 5.43 Å². The summed E-state index contributed by atoms with van der Waals surface area (Å²) < 4.78 is 6.80. The fraction of sp³-hybridized carbons (Fsp3) is 0.235. The topological polar surface area (TPSA) is 33.6 Å². The van der Waals surface area contributed by atoms with Crippen LogP contribution in [0.2, 0.25) is 0 Å². The summed E-state index contributed by atoms with van der Waals surface area (Å²) in [7, 11) is 0. The minimum atomic E-state index is 0.727. The summed E-state index contributed by atoms with van der Waals surface area (Å²) >= 11 is 3.48. The molecule has 0 aromatic heterocycles. The number of nitrogens with one attached hydrogen (secondary N) is 1. The molecule has 0 aliphatic heterocycles. The Balaban J connectivity index is 2.05. The van der Waals surface area contributed by atoms with E-state index in [1.807, 2.05) is 48.5 Å². The molecular formula is C17H19BrN2O. The number of halogens is 1. The molecule has 110 valence electrons. The van der Waals surface area contributed by atoms with Gasteiger partial charge in [0.2, 0.25) is 0 Å². The Morgan fingerprint density at radius 3 is 2.76 bits per heavy atom. The monoisotopic (exact) mass is 346 g/mol. The van der Waals surface area contributed by atoms with Crippen LogP contribution in [0.15, 0.2) is 58.1 Å². The molecule has 3 nitrogen and oxygen atoms in total. The Morgan fingerprint density at radius 1 is 1.19 bits per heavy atom. The SMILES string of the molecule is CCCCOc1ccc(Br)cc1C=NNc1ccccc1. The van der Waals surface area contributed by atoms with E-state index in [0.29, 0.717) is 0 Å². The van der Waals surface area contributed by atoms with Crippen molar-refractivity contribution in [3.8, 4) is 5.75 Å². The van der Waals surface area contributed by atoms with E-state index in [0.717, 1.165) is 40.9 Å². The summed E-state index contributed by atoms with van der Waals surface area (Å²) in [4.78, 5) is 0. The van der Waals surface area contributed by atoms with Crippen molar-refractivity contribution in [3.63, 3.8) is 0 Å². The zero-order valence-corrected chi connectivity index (χ0v) is 13.6. The van der Waals surface area contributed by atoms with Gasteiger partial charge in [0.05, 0.1) is 18.5 Å². The van der Waals surface area contributed by atoms with Crippen molar-refractivity contribution in [1.29, 1.82) is 0 Å². The minimum Gasteiger partial charge on any atom is -0.493 e. The van der Waals surface area contributed by atoms with Crippen molar-refractivity contribution in [2.45, 2.75) is 19.8 Å². The molecule has 0 saturated carbocycles. The van der Waals surface area contributed by atoms with E-state index in [1.54, 1.807) is 6.21 Å². The summed E-state index contributed by atoms with van der Waals surface area (Å²) in [5.74, 6) is 0.852. The number of hydrogen-bond acceptors (Lipinski definition) is 3. The number of ether oxygens (including phenoxy) is 1. The molecule has 0 fully saturated rings. The third kappa shape index (κ3) is 5.23. The van der Waals surface area contributed by atoms with Gasteiger partial charge in [-0.1, -0.05) is 47.5 Å². The standard InChI is InChI=1S/C17H19BrN2O/c1-2-3-11-21-17-10-9-15(18)12-14(17)13-19-20-16-7-5-4-6-8-16/h4-10,12-13,20H,2-3,11H2,1H3. The highest BCUT2D eigenvalue weighted by molar-refractivity contribution is 9.10. The smallest absolute Gasteiger partial charge is 0.128 e. The molecule has 0 amide bonds. The number of hydrazone groups is 1. The zero-order valence-electron chi connectivity index (χ0n) is 12.1. The van der Waals surface area contributed by atoms with E-state index in [2.05, 4.69) is 33.4 Å². The molecule has 4 heteroatoms. The summed E-state index contributed by atoms with van der Waals surface area (Å²) in [6.07, 6.45) is 3.95. The van der Waals surface area contributed by atoms with Crippen LogP contribution < -0.4 is 10.2 Å². The molecule has 0 atom stereocenters. The first kappa shape index (κ1) is 15.6. The van der Waals surface area contributed by atoms with E-state index < -0.39 is 0 Å². The van der Waals surface area contributed by atoms with Crippen molar-refractivity contribution >= 4 is 27.8 Å². The second-order valence-electron chi connectivity index (χ2n) is 4.62. The van der Waals surface area contributed by atoms with Crippen LogP contribution in [0.25, 0.3) is 0 Å². The highest BCUT2D eigenvalue weighted by atomic mass is 79.9. The van der Waals surface area contributed by atoms with Gasteiger partial charge in [-0.15, -0.1) is 0 Å². The van der Waals surface area contributed by atoms with Gasteiger partial charge in [0, 0.05) is 10.0 Å². The van der Waals surface area contributed by atoms with Gasteiger partial charge in [0.15, 0.2) is 0 Å². The van der Waals surface area contributed by atoms with Crippen LogP contribution in [-0.2, 0) is 0 Å². The largest absolute Gasteiger partial charge is 0.493 e. The number of para-hydroxylation sites is 1. The molecule has 1 N–H and O–H groups in total. The molecule has 2 aromatic carbocycles. The second-order valence-corrected chi connectivity index (χ2v) is 5.54. The maximum Gasteiger partial charge on any atom is 0.128 e. The van der Waals surface area contributed by atoms with Crippen LogP contribution in [0, 0.1) is 0 Å². The minimum absolute atomic E-state index is 0.727. The predicted octanol–water partition coefficient (Wildman–Crippen LogP) is 5.07. The Kier molecular flexibility index (Phi) is 6.28. The molecule has 0 saturated heterocycles. The van der Waals surface area contributed by atoms with Crippen molar-refractivity contribution in [3.05, 3.63) is 58.6 Å². The summed E-state index contributed by atoms with van der Waals surface area (Å²) in [5, 5.41) is 4.27. The quantitative estimate of drug-likeness (QED) is 0.431. The average Bonchev–Trinajstić information content (AvgIpc) is 2.51. The lowest BCUT2D eigenvalue weighted by Crippen LogP contribution is -2.00. The second kappa shape index (κ2) is 8.47. The maximum atomic E-state index is 5.80. The van der Waals surface area contributed by atoms with Crippen LogP contribution >= 0.6 is 15.9 Å². The van der Waals surface area contributed by atoms with Gasteiger partial charge in [-0.25, -0.2) is 0 Å². The molecule has 2 aromatic rings. The molecule has 0 spiro atoms. The van der Waals surface area contributed by atoms with Crippen LogP contribution in [0.4, 0.5) is 5.69 Å². The Morgan fingerprint density at radius 2 is 2.00 bits per heavy atom. The molecule has 0 radical (unpaired) electrons. The molecule has 0 aliphatic rings. The number of nitrogens with zero attached hydrogens (tertiary/aromatic N) is 1. The fourth-order valence-electron chi connectivity index (χ4n) is 1.77. The first-order chi connectivity index (χ1) is 10.3. The molecule has 21 heavy (non-hydrogen) atoms. The molecule has 0 bridgehead atoms. The summed E-state index contributed by atoms with van der Waals surface area (Å²) in [6, 6.07) is 15.8. The van der Waals surface area contributed by atoms with Gasteiger partial charge in [0.1, 0.15) is 5.75 Å². The molecule has 0 unspecified atom stereocenters. The fourth-order valence-corrected chi connectivity index (χ4v) is 2.15. The lowest BCUT2D eigenvalue weighted by Gasteiger charge is -2.09. The molecule has 2 rings (SSSR count). The predicted molar refractivity (Wildman–Crippen MR) is 92.2 cm³/mol. The number of rotatable bonds is 7. The van der Waals surface area contributed by atoms with E-state index in [9.17, 15) is 0 Å². The molecular weight excluding hydrogens is 328 g/mol.